The summed E-state index contributed by atoms with van der Waals surface area (Å²) in [4.78, 5) is 4.75. The highest BCUT2D eigenvalue weighted by Crippen LogP contribution is 2.31. The molecule has 0 radical (unpaired) electrons. The summed E-state index contributed by atoms with van der Waals surface area (Å²) in [6.45, 7) is 0.698. The summed E-state index contributed by atoms with van der Waals surface area (Å²) in [6, 6.07) is 12.3. The van der Waals surface area contributed by atoms with Crippen molar-refractivity contribution in [3.63, 3.8) is 0 Å². The Morgan fingerprint density at radius 2 is 2.10 bits per heavy atom. The molecule has 2 aromatic heterocycles. The maximum atomic E-state index is 5.89. The molecule has 1 aliphatic rings. The van der Waals surface area contributed by atoms with Gasteiger partial charge in [0, 0.05) is 11.1 Å². The monoisotopic (exact) mass is 278 g/mol. The van der Waals surface area contributed by atoms with Crippen LogP contribution in [0.5, 0.6) is 0 Å². The molecule has 1 aliphatic carbocycles. The molecule has 0 aliphatic heterocycles. The molecule has 1 atom stereocenters. The second-order valence-electron chi connectivity index (χ2n) is 5.65. The van der Waals surface area contributed by atoms with Crippen molar-refractivity contribution in [3.8, 4) is 5.82 Å². The molecule has 21 heavy (non-hydrogen) atoms. The fraction of sp³-hybridized carbons (Fsp3) is 0.294. The normalized spacial score (nSPS) is 17.9. The highest BCUT2D eigenvalue weighted by molar-refractivity contribution is 5.79. The maximum absolute atomic E-state index is 5.89. The number of aromatic nitrogens is 3. The third-order valence-corrected chi connectivity index (χ3v) is 4.39. The van der Waals surface area contributed by atoms with Gasteiger partial charge in [-0.25, -0.2) is 9.67 Å². The number of pyridine rings is 1. The number of rotatable bonds is 2. The first-order valence-electron chi connectivity index (χ1n) is 7.50. The van der Waals surface area contributed by atoms with E-state index in [2.05, 4.69) is 17.2 Å². The van der Waals surface area contributed by atoms with Crippen molar-refractivity contribution >= 4 is 10.9 Å². The van der Waals surface area contributed by atoms with Crippen LogP contribution in [0.15, 0.2) is 42.6 Å². The lowest BCUT2D eigenvalue weighted by Gasteiger charge is -2.21. The molecule has 1 aromatic carbocycles. The molecule has 2 heterocycles. The zero-order valence-electron chi connectivity index (χ0n) is 11.9. The van der Waals surface area contributed by atoms with Gasteiger partial charge >= 0.3 is 0 Å². The van der Waals surface area contributed by atoms with Gasteiger partial charge in [-0.1, -0.05) is 18.2 Å². The van der Waals surface area contributed by atoms with Crippen LogP contribution in [0, 0.1) is 0 Å². The molecule has 0 saturated heterocycles. The van der Waals surface area contributed by atoms with Gasteiger partial charge in [0.1, 0.15) is 0 Å². The van der Waals surface area contributed by atoms with E-state index in [1.807, 2.05) is 35.1 Å². The Bertz CT molecular complexity index is 790. The Labute approximate surface area is 123 Å². The minimum atomic E-state index is 0.447. The van der Waals surface area contributed by atoms with E-state index in [-0.39, 0.29) is 0 Å². The van der Waals surface area contributed by atoms with Gasteiger partial charge in [-0.15, -0.1) is 0 Å². The molecule has 0 spiro atoms. The largest absolute Gasteiger partial charge is 0.330 e. The number of benzene rings is 1. The van der Waals surface area contributed by atoms with Crippen molar-refractivity contribution < 1.29 is 0 Å². The number of hydrogen-bond acceptors (Lipinski definition) is 3. The predicted molar refractivity (Wildman–Crippen MR) is 83.6 cm³/mol. The molecule has 4 rings (SSSR count). The van der Waals surface area contributed by atoms with Gasteiger partial charge in [0.2, 0.25) is 0 Å². The second-order valence-corrected chi connectivity index (χ2v) is 5.65. The van der Waals surface area contributed by atoms with Crippen LogP contribution in [-0.2, 0) is 6.42 Å². The third kappa shape index (κ3) is 2.03. The summed E-state index contributed by atoms with van der Waals surface area (Å²) in [7, 11) is 0. The van der Waals surface area contributed by atoms with Gasteiger partial charge in [-0.05, 0) is 55.5 Å². The van der Waals surface area contributed by atoms with Gasteiger partial charge in [0.25, 0.3) is 0 Å². The van der Waals surface area contributed by atoms with Gasteiger partial charge in [0.15, 0.2) is 5.82 Å². The molecule has 0 bridgehead atoms. The van der Waals surface area contributed by atoms with E-state index >= 15 is 0 Å². The Balaban J connectivity index is 1.84. The molecular formula is C17H18N4. The topological polar surface area (TPSA) is 56.7 Å². The SMILES string of the molecule is NCC1CCCc2c1cnn2-c1ccc2ccccc2n1. The van der Waals surface area contributed by atoms with Crippen LogP contribution in [0.3, 0.4) is 0 Å². The van der Waals surface area contributed by atoms with Crippen LogP contribution in [-0.4, -0.2) is 21.3 Å². The summed E-state index contributed by atoms with van der Waals surface area (Å²) < 4.78 is 1.99. The average Bonchev–Trinajstić information content (AvgIpc) is 2.98. The van der Waals surface area contributed by atoms with E-state index < -0.39 is 0 Å². The molecule has 106 valence electrons. The number of nitrogens with two attached hydrogens (primary N) is 1. The zero-order chi connectivity index (χ0) is 14.2. The first-order valence-corrected chi connectivity index (χ1v) is 7.50. The Morgan fingerprint density at radius 3 is 3.00 bits per heavy atom. The molecule has 4 heteroatoms. The summed E-state index contributed by atoms with van der Waals surface area (Å²) in [6.07, 6.45) is 5.37. The molecule has 4 nitrogen and oxygen atoms in total. The van der Waals surface area contributed by atoms with Crippen molar-refractivity contribution in [2.45, 2.75) is 25.2 Å². The predicted octanol–water partition coefficient (Wildman–Crippen LogP) is 2.80. The molecule has 0 amide bonds. The standard InChI is InChI=1S/C17H18N4/c18-10-13-5-3-7-16-14(13)11-19-21(16)17-9-8-12-4-1-2-6-15(12)20-17/h1-2,4,6,8-9,11,13H,3,5,7,10,18H2. The number of fused-ring (bicyclic) bond motifs is 2. The van der Waals surface area contributed by atoms with Crippen LogP contribution in [0.2, 0.25) is 0 Å². The van der Waals surface area contributed by atoms with E-state index in [1.54, 1.807) is 0 Å². The van der Waals surface area contributed by atoms with Crippen LogP contribution >= 0.6 is 0 Å². The van der Waals surface area contributed by atoms with Gasteiger partial charge in [-0.2, -0.15) is 5.10 Å². The smallest absolute Gasteiger partial charge is 0.154 e. The van der Waals surface area contributed by atoms with Crippen molar-refractivity contribution in [3.05, 3.63) is 53.9 Å². The maximum Gasteiger partial charge on any atom is 0.154 e. The van der Waals surface area contributed by atoms with E-state index in [9.17, 15) is 0 Å². The van der Waals surface area contributed by atoms with Gasteiger partial charge < -0.3 is 5.73 Å². The average molecular weight is 278 g/mol. The van der Waals surface area contributed by atoms with E-state index in [0.717, 1.165) is 23.1 Å². The summed E-state index contributed by atoms with van der Waals surface area (Å²) >= 11 is 0. The molecule has 3 aromatic rings. The molecule has 2 N–H and O–H groups in total. The molecule has 1 unspecified atom stereocenters. The first-order chi connectivity index (χ1) is 10.4. The van der Waals surface area contributed by atoms with Crippen LogP contribution in [0.1, 0.15) is 30.0 Å². The van der Waals surface area contributed by atoms with E-state index in [4.69, 9.17) is 10.7 Å². The quantitative estimate of drug-likeness (QED) is 0.784. The summed E-state index contributed by atoms with van der Waals surface area (Å²) in [5.74, 6) is 1.34. The lowest BCUT2D eigenvalue weighted by atomic mass is 9.87. The zero-order valence-corrected chi connectivity index (χ0v) is 11.9. The molecular weight excluding hydrogens is 260 g/mol. The Hall–Kier alpha value is -2.20. The van der Waals surface area contributed by atoms with E-state index in [0.29, 0.717) is 12.5 Å². The first kappa shape index (κ1) is 12.5. The third-order valence-electron chi connectivity index (χ3n) is 4.39. The van der Waals surface area contributed by atoms with Crippen LogP contribution < -0.4 is 5.73 Å². The minimum Gasteiger partial charge on any atom is -0.330 e. The molecule has 0 saturated carbocycles. The fourth-order valence-corrected chi connectivity index (χ4v) is 3.26. The van der Waals surface area contributed by atoms with Gasteiger partial charge in [-0.3, -0.25) is 0 Å². The van der Waals surface area contributed by atoms with E-state index in [1.165, 1.54) is 24.1 Å². The van der Waals surface area contributed by atoms with Crippen LogP contribution in [0.25, 0.3) is 16.7 Å². The second kappa shape index (κ2) is 4.97. The summed E-state index contributed by atoms with van der Waals surface area (Å²) in [5, 5.41) is 5.73. The number of nitrogens with zero attached hydrogens (tertiary/aromatic N) is 3. The lowest BCUT2D eigenvalue weighted by Crippen LogP contribution is -2.18. The number of hydrogen-bond donors (Lipinski definition) is 1. The fourth-order valence-electron chi connectivity index (χ4n) is 3.26. The Morgan fingerprint density at radius 1 is 1.19 bits per heavy atom. The van der Waals surface area contributed by atoms with Crippen molar-refractivity contribution in [2.24, 2.45) is 5.73 Å². The highest BCUT2D eigenvalue weighted by atomic mass is 15.3. The van der Waals surface area contributed by atoms with Crippen LogP contribution in [0.4, 0.5) is 0 Å². The van der Waals surface area contributed by atoms with Gasteiger partial charge in [0.05, 0.1) is 11.7 Å². The van der Waals surface area contributed by atoms with Crippen molar-refractivity contribution in [1.29, 1.82) is 0 Å². The molecule has 0 fully saturated rings. The minimum absolute atomic E-state index is 0.447. The number of para-hydroxylation sites is 1. The Kier molecular flexibility index (Phi) is 2.97. The highest BCUT2D eigenvalue weighted by Gasteiger charge is 2.24. The summed E-state index contributed by atoms with van der Waals surface area (Å²) in [5.41, 5.74) is 9.47. The van der Waals surface area contributed by atoms with Crippen molar-refractivity contribution in [1.82, 2.24) is 14.8 Å². The van der Waals surface area contributed by atoms with Crippen molar-refractivity contribution in [2.75, 3.05) is 6.54 Å². The lowest BCUT2D eigenvalue weighted by molar-refractivity contribution is 0.548.